The Labute approximate surface area is 162 Å². The predicted molar refractivity (Wildman–Crippen MR) is 103 cm³/mol. The first-order valence-electron chi connectivity index (χ1n) is 8.81. The molecular formula is C20H21N3O5. The standard InChI is InChI=1S/C20H21N3O5/c1-20(2,3)28-19(26)21-9-4-5-13-6-7-14-15(12-27-16(14)11-13)23-10-8-17(24)22-18(23)25/h6-7,11-12H,8-10H2,1-3H3,(H,21,26)(H,22,24,25). The second-order valence-corrected chi connectivity index (χ2v) is 7.24. The summed E-state index contributed by atoms with van der Waals surface area (Å²) in [6, 6.07) is 4.90. The van der Waals surface area contributed by atoms with Gasteiger partial charge >= 0.3 is 12.1 Å². The number of benzene rings is 1. The maximum Gasteiger partial charge on any atom is 0.408 e. The number of nitrogens with zero attached hydrogens (tertiary/aromatic N) is 1. The highest BCUT2D eigenvalue weighted by molar-refractivity contribution is 6.09. The normalized spacial score (nSPS) is 14.3. The average molecular weight is 383 g/mol. The number of hydrogen-bond donors (Lipinski definition) is 2. The van der Waals surface area contributed by atoms with Gasteiger partial charge < -0.3 is 14.5 Å². The van der Waals surface area contributed by atoms with Crippen molar-refractivity contribution in [3.63, 3.8) is 0 Å². The fourth-order valence-electron chi connectivity index (χ4n) is 2.67. The van der Waals surface area contributed by atoms with E-state index >= 15 is 0 Å². The molecule has 1 fully saturated rings. The van der Waals surface area contributed by atoms with Gasteiger partial charge in [0.25, 0.3) is 0 Å². The van der Waals surface area contributed by atoms with Crippen molar-refractivity contribution in [3.05, 3.63) is 30.0 Å². The Morgan fingerprint density at radius 1 is 1.36 bits per heavy atom. The average Bonchev–Trinajstić information content (AvgIpc) is 3.00. The molecule has 2 aromatic rings. The second kappa shape index (κ2) is 7.64. The minimum absolute atomic E-state index is 0.151. The van der Waals surface area contributed by atoms with Crippen molar-refractivity contribution < 1.29 is 23.5 Å². The van der Waals surface area contributed by atoms with Gasteiger partial charge in [0.1, 0.15) is 17.4 Å². The molecule has 1 saturated heterocycles. The summed E-state index contributed by atoms with van der Waals surface area (Å²) in [5, 5.41) is 5.61. The van der Waals surface area contributed by atoms with Crippen LogP contribution in [0.1, 0.15) is 32.8 Å². The monoisotopic (exact) mass is 383 g/mol. The van der Waals surface area contributed by atoms with Gasteiger partial charge in [0.2, 0.25) is 5.91 Å². The quantitative estimate of drug-likeness (QED) is 0.777. The molecule has 2 N–H and O–H groups in total. The summed E-state index contributed by atoms with van der Waals surface area (Å²) in [4.78, 5) is 36.4. The minimum atomic E-state index is -0.557. The lowest BCUT2D eigenvalue weighted by molar-refractivity contribution is -0.120. The first-order chi connectivity index (χ1) is 13.2. The third kappa shape index (κ3) is 4.62. The lowest BCUT2D eigenvalue weighted by atomic mass is 10.1. The fourth-order valence-corrected chi connectivity index (χ4v) is 2.67. The zero-order chi connectivity index (χ0) is 20.3. The van der Waals surface area contributed by atoms with E-state index < -0.39 is 17.7 Å². The molecule has 0 bridgehead atoms. The van der Waals surface area contributed by atoms with E-state index in [-0.39, 0.29) is 18.9 Å². The molecule has 8 nitrogen and oxygen atoms in total. The maximum absolute atomic E-state index is 12.0. The summed E-state index contributed by atoms with van der Waals surface area (Å²) in [7, 11) is 0. The van der Waals surface area contributed by atoms with Crippen LogP contribution >= 0.6 is 0 Å². The van der Waals surface area contributed by atoms with Crippen molar-refractivity contribution in [3.8, 4) is 11.8 Å². The van der Waals surface area contributed by atoms with Gasteiger partial charge in [-0.3, -0.25) is 15.0 Å². The van der Waals surface area contributed by atoms with Crippen molar-refractivity contribution in [1.82, 2.24) is 10.6 Å². The number of urea groups is 1. The zero-order valence-corrected chi connectivity index (χ0v) is 15.9. The highest BCUT2D eigenvalue weighted by atomic mass is 16.6. The molecule has 1 aromatic carbocycles. The van der Waals surface area contributed by atoms with Crippen LogP contribution in [0.25, 0.3) is 11.0 Å². The Kier molecular flexibility index (Phi) is 5.27. The molecule has 0 saturated carbocycles. The van der Waals surface area contributed by atoms with Crippen LogP contribution in [0.15, 0.2) is 28.9 Å². The number of carbonyl (C=O) groups is 3. The fraction of sp³-hybridized carbons (Fsp3) is 0.350. The van der Waals surface area contributed by atoms with Gasteiger partial charge in [-0.15, -0.1) is 0 Å². The topological polar surface area (TPSA) is 101 Å². The van der Waals surface area contributed by atoms with Crippen molar-refractivity contribution in [2.45, 2.75) is 32.8 Å². The van der Waals surface area contributed by atoms with Gasteiger partial charge in [0.15, 0.2) is 0 Å². The molecule has 28 heavy (non-hydrogen) atoms. The van der Waals surface area contributed by atoms with Crippen LogP contribution in [-0.4, -0.2) is 36.7 Å². The first-order valence-corrected chi connectivity index (χ1v) is 8.81. The Morgan fingerprint density at radius 3 is 2.86 bits per heavy atom. The van der Waals surface area contributed by atoms with E-state index in [1.807, 2.05) is 6.07 Å². The number of rotatable bonds is 2. The molecule has 8 heteroatoms. The lowest BCUT2D eigenvalue weighted by Gasteiger charge is -2.25. The minimum Gasteiger partial charge on any atom is -0.462 e. The number of carbonyl (C=O) groups excluding carboxylic acids is 3. The van der Waals surface area contributed by atoms with Crippen LogP contribution in [0, 0.1) is 11.8 Å². The van der Waals surface area contributed by atoms with E-state index in [1.54, 1.807) is 32.9 Å². The zero-order valence-electron chi connectivity index (χ0n) is 15.9. The van der Waals surface area contributed by atoms with Crippen molar-refractivity contribution in [1.29, 1.82) is 0 Å². The number of fused-ring (bicyclic) bond motifs is 1. The van der Waals surface area contributed by atoms with E-state index in [0.717, 1.165) is 5.39 Å². The smallest absolute Gasteiger partial charge is 0.408 e. The van der Waals surface area contributed by atoms with E-state index in [4.69, 9.17) is 9.15 Å². The summed E-state index contributed by atoms with van der Waals surface area (Å²) >= 11 is 0. The summed E-state index contributed by atoms with van der Waals surface area (Å²) in [5.74, 6) is 5.50. The molecule has 1 aliphatic rings. The van der Waals surface area contributed by atoms with E-state index in [1.165, 1.54) is 11.2 Å². The first kappa shape index (κ1) is 19.3. The molecule has 0 aliphatic carbocycles. The molecule has 3 rings (SSSR count). The van der Waals surface area contributed by atoms with E-state index in [2.05, 4.69) is 22.5 Å². The number of hydrogen-bond acceptors (Lipinski definition) is 5. The molecule has 146 valence electrons. The Bertz CT molecular complexity index is 991. The van der Waals surface area contributed by atoms with Crippen molar-refractivity contribution >= 4 is 34.7 Å². The highest BCUT2D eigenvalue weighted by Crippen LogP contribution is 2.30. The van der Waals surface area contributed by atoms with Gasteiger partial charge in [-0.1, -0.05) is 11.8 Å². The SMILES string of the molecule is CC(C)(C)OC(=O)NCC#Cc1ccc2c(N3CCC(=O)NC3=O)coc2c1. The van der Waals surface area contributed by atoms with Crippen molar-refractivity contribution in [2.75, 3.05) is 18.0 Å². The van der Waals surface area contributed by atoms with Crippen LogP contribution in [0.2, 0.25) is 0 Å². The number of nitrogens with one attached hydrogen (secondary N) is 2. The van der Waals surface area contributed by atoms with E-state index in [0.29, 0.717) is 23.4 Å². The van der Waals surface area contributed by atoms with Gasteiger partial charge in [-0.2, -0.15) is 0 Å². The lowest BCUT2D eigenvalue weighted by Crippen LogP contribution is -2.49. The Hall–Kier alpha value is -3.47. The molecule has 1 aliphatic heterocycles. The summed E-state index contributed by atoms with van der Waals surface area (Å²) in [6.45, 7) is 5.82. The van der Waals surface area contributed by atoms with E-state index in [9.17, 15) is 14.4 Å². The van der Waals surface area contributed by atoms with Crippen molar-refractivity contribution in [2.24, 2.45) is 0 Å². The van der Waals surface area contributed by atoms with Gasteiger partial charge in [-0.25, -0.2) is 9.59 Å². The van der Waals surface area contributed by atoms with Crippen LogP contribution in [0.4, 0.5) is 15.3 Å². The van der Waals surface area contributed by atoms with Crippen LogP contribution in [-0.2, 0) is 9.53 Å². The summed E-state index contributed by atoms with van der Waals surface area (Å²) in [6.07, 6.45) is 1.21. The molecule has 0 atom stereocenters. The predicted octanol–water partition coefficient (Wildman–Crippen LogP) is 2.76. The Morgan fingerprint density at radius 2 is 2.14 bits per heavy atom. The van der Waals surface area contributed by atoms with Crippen LogP contribution in [0.3, 0.4) is 0 Å². The number of anilines is 1. The molecule has 0 spiro atoms. The van der Waals surface area contributed by atoms with Gasteiger partial charge in [0.05, 0.1) is 12.2 Å². The van der Waals surface area contributed by atoms with Gasteiger partial charge in [-0.05, 0) is 39.0 Å². The third-order valence-corrected chi connectivity index (χ3v) is 3.85. The Balaban J connectivity index is 1.67. The van der Waals surface area contributed by atoms with Crippen LogP contribution in [0.5, 0.6) is 0 Å². The van der Waals surface area contributed by atoms with Gasteiger partial charge in [0, 0.05) is 23.9 Å². The maximum atomic E-state index is 12.0. The molecular weight excluding hydrogens is 362 g/mol. The molecule has 0 unspecified atom stereocenters. The molecule has 0 radical (unpaired) electrons. The summed E-state index contributed by atoms with van der Waals surface area (Å²) in [5.41, 5.74) is 1.33. The highest BCUT2D eigenvalue weighted by Gasteiger charge is 2.26. The number of furan rings is 1. The molecule has 4 amide bonds. The number of alkyl carbamates (subject to hydrolysis) is 1. The molecule has 1 aromatic heterocycles. The second-order valence-electron chi connectivity index (χ2n) is 7.24. The third-order valence-electron chi connectivity index (χ3n) is 3.85. The number of imide groups is 1. The van der Waals surface area contributed by atoms with Crippen LogP contribution < -0.4 is 15.5 Å². The number of amides is 4. The number of ether oxygens (including phenoxy) is 1. The largest absolute Gasteiger partial charge is 0.462 e. The molecule has 2 heterocycles. The summed E-state index contributed by atoms with van der Waals surface area (Å²) < 4.78 is 10.7.